The molecule has 1 N–H and O–H groups in total. The summed E-state index contributed by atoms with van der Waals surface area (Å²) in [6.45, 7) is -1.04. The third kappa shape index (κ3) is 3.04. The van der Waals surface area contributed by atoms with Gasteiger partial charge in [0, 0.05) is 6.54 Å². The van der Waals surface area contributed by atoms with Gasteiger partial charge in [-0.15, -0.1) is 12.4 Å². The van der Waals surface area contributed by atoms with Gasteiger partial charge in [-0.3, -0.25) is 0 Å². The van der Waals surface area contributed by atoms with E-state index in [4.69, 9.17) is 0 Å². The van der Waals surface area contributed by atoms with Crippen LogP contribution >= 0.6 is 12.4 Å². The molecule has 5 heteroatoms. The van der Waals surface area contributed by atoms with E-state index in [1.54, 1.807) is 12.1 Å². The predicted octanol–water partition coefficient (Wildman–Crippen LogP) is 2.36. The molecular formula is C10H12ClF2NO. The van der Waals surface area contributed by atoms with Crippen molar-refractivity contribution < 1.29 is 13.5 Å². The smallest absolute Gasteiger partial charge is 0.387 e. The number of rotatable bonds is 2. The van der Waals surface area contributed by atoms with Crippen molar-refractivity contribution in [3.05, 3.63) is 29.3 Å². The highest BCUT2D eigenvalue weighted by molar-refractivity contribution is 5.85. The first-order chi connectivity index (χ1) is 6.75. The molecule has 1 aliphatic heterocycles. The molecule has 0 aliphatic carbocycles. The fourth-order valence-electron chi connectivity index (χ4n) is 1.63. The van der Waals surface area contributed by atoms with Gasteiger partial charge < -0.3 is 10.1 Å². The molecule has 0 saturated heterocycles. The second-order valence-electron chi connectivity index (χ2n) is 3.24. The van der Waals surface area contributed by atoms with Crippen molar-refractivity contribution in [3.8, 4) is 5.75 Å². The Labute approximate surface area is 93.0 Å². The number of halogens is 3. The highest BCUT2D eigenvalue weighted by Gasteiger charge is 2.11. The average molecular weight is 236 g/mol. The van der Waals surface area contributed by atoms with Gasteiger partial charge in [0.2, 0.25) is 0 Å². The Hall–Kier alpha value is -0.870. The first kappa shape index (κ1) is 12.2. The zero-order chi connectivity index (χ0) is 9.97. The Morgan fingerprint density at radius 1 is 1.27 bits per heavy atom. The summed E-state index contributed by atoms with van der Waals surface area (Å²) in [6.07, 6.45) is 0.871. The van der Waals surface area contributed by atoms with E-state index >= 15 is 0 Å². The average Bonchev–Trinajstić information content (AvgIpc) is 2.17. The van der Waals surface area contributed by atoms with E-state index in [9.17, 15) is 8.78 Å². The zero-order valence-corrected chi connectivity index (χ0v) is 8.82. The molecule has 1 aromatic carbocycles. The minimum absolute atomic E-state index is 0. The zero-order valence-electron chi connectivity index (χ0n) is 8.00. The summed E-state index contributed by atoms with van der Waals surface area (Å²) in [7, 11) is 0. The monoisotopic (exact) mass is 235 g/mol. The van der Waals surface area contributed by atoms with Crippen molar-refractivity contribution in [2.45, 2.75) is 19.6 Å². The summed E-state index contributed by atoms with van der Waals surface area (Å²) in [5.41, 5.74) is 2.26. The van der Waals surface area contributed by atoms with Crippen molar-refractivity contribution in [1.29, 1.82) is 0 Å². The lowest BCUT2D eigenvalue weighted by molar-refractivity contribution is -0.0499. The van der Waals surface area contributed by atoms with Gasteiger partial charge in [0.1, 0.15) is 5.75 Å². The van der Waals surface area contributed by atoms with E-state index in [1.807, 2.05) is 6.07 Å². The highest BCUT2D eigenvalue weighted by atomic mass is 35.5. The molecule has 0 amide bonds. The maximum Gasteiger partial charge on any atom is 0.387 e. The molecule has 2 nitrogen and oxygen atoms in total. The van der Waals surface area contributed by atoms with Crippen LogP contribution in [0, 0.1) is 0 Å². The summed E-state index contributed by atoms with van der Waals surface area (Å²) in [4.78, 5) is 0. The Morgan fingerprint density at radius 2 is 2.07 bits per heavy atom. The lowest BCUT2D eigenvalue weighted by Gasteiger charge is -2.17. The summed E-state index contributed by atoms with van der Waals surface area (Å²) in [6, 6.07) is 5.11. The molecule has 1 heterocycles. The topological polar surface area (TPSA) is 21.3 Å². The largest absolute Gasteiger partial charge is 0.435 e. The summed E-state index contributed by atoms with van der Waals surface area (Å²) >= 11 is 0. The van der Waals surface area contributed by atoms with Gasteiger partial charge in [0.05, 0.1) is 0 Å². The molecule has 0 radical (unpaired) electrons. The minimum Gasteiger partial charge on any atom is -0.435 e. The molecule has 15 heavy (non-hydrogen) atoms. The van der Waals surface area contributed by atoms with Crippen LogP contribution in [-0.2, 0) is 13.0 Å². The van der Waals surface area contributed by atoms with E-state index in [1.165, 1.54) is 0 Å². The number of hydrogen-bond donors (Lipinski definition) is 1. The van der Waals surface area contributed by atoms with Crippen molar-refractivity contribution in [2.24, 2.45) is 0 Å². The minimum atomic E-state index is -2.74. The van der Waals surface area contributed by atoms with Gasteiger partial charge in [-0.2, -0.15) is 8.78 Å². The molecule has 0 fully saturated rings. The first-order valence-corrected chi connectivity index (χ1v) is 4.53. The highest BCUT2D eigenvalue weighted by Crippen LogP contribution is 2.21. The van der Waals surface area contributed by atoms with Crippen LogP contribution < -0.4 is 10.1 Å². The fraction of sp³-hybridized carbons (Fsp3) is 0.400. The van der Waals surface area contributed by atoms with Crippen LogP contribution in [0.2, 0.25) is 0 Å². The van der Waals surface area contributed by atoms with Crippen LogP contribution in [0.4, 0.5) is 8.78 Å². The third-order valence-corrected chi connectivity index (χ3v) is 2.29. The second kappa shape index (κ2) is 5.28. The van der Waals surface area contributed by atoms with E-state index in [2.05, 4.69) is 10.1 Å². The van der Waals surface area contributed by atoms with Crippen molar-refractivity contribution >= 4 is 12.4 Å². The van der Waals surface area contributed by atoms with Crippen molar-refractivity contribution in [3.63, 3.8) is 0 Å². The molecular weight excluding hydrogens is 224 g/mol. The normalized spacial score (nSPS) is 14.3. The quantitative estimate of drug-likeness (QED) is 0.850. The van der Waals surface area contributed by atoms with Crippen LogP contribution in [0.3, 0.4) is 0 Å². The maximum absolute atomic E-state index is 11.9. The van der Waals surface area contributed by atoms with Crippen LogP contribution in [-0.4, -0.2) is 13.2 Å². The fourth-order valence-corrected chi connectivity index (χ4v) is 1.63. The van der Waals surface area contributed by atoms with E-state index < -0.39 is 6.61 Å². The molecule has 84 valence electrons. The SMILES string of the molecule is Cl.FC(F)Oc1ccc2c(c1)CCNC2. The van der Waals surface area contributed by atoms with Crippen LogP contribution in [0.25, 0.3) is 0 Å². The molecule has 0 unspecified atom stereocenters. The van der Waals surface area contributed by atoms with Crippen LogP contribution in [0.15, 0.2) is 18.2 Å². The molecule has 0 atom stereocenters. The standard InChI is InChI=1S/C10H11F2NO.ClH/c11-10(12)14-9-2-1-8-6-13-4-3-7(8)5-9;/h1-2,5,10,13H,3-4,6H2;1H. The Balaban J connectivity index is 0.00000112. The number of fused-ring (bicyclic) bond motifs is 1. The van der Waals surface area contributed by atoms with Crippen molar-refractivity contribution in [1.82, 2.24) is 5.32 Å². The van der Waals surface area contributed by atoms with E-state index in [0.717, 1.165) is 30.6 Å². The molecule has 0 bridgehead atoms. The molecule has 1 aromatic rings. The third-order valence-electron chi connectivity index (χ3n) is 2.29. The van der Waals surface area contributed by atoms with Gasteiger partial charge in [-0.1, -0.05) is 6.07 Å². The summed E-state index contributed by atoms with van der Waals surface area (Å²) < 4.78 is 28.2. The number of hydrogen-bond acceptors (Lipinski definition) is 2. The number of benzene rings is 1. The molecule has 1 aliphatic rings. The van der Waals surface area contributed by atoms with Gasteiger partial charge in [0.25, 0.3) is 0 Å². The Morgan fingerprint density at radius 3 is 2.80 bits per heavy atom. The Kier molecular flexibility index (Phi) is 4.29. The summed E-state index contributed by atoms with van der Waals surface area (Å²) in [5, 5.41) is 3.21. The van der Waals surface area contributed by atoms with Gasteiger partial charge in [0.15, 0.2) is 0 Å². The van der Waals surface area contributed by atoms with Gasteiger partial charge >= 0.3 is 6.61 Å². The second-order valence-corrected chi connectivity index (χ2v) is 3.24. The van der Waals surface area contributed by atoms with Gasteiger partial charge in [-0.05, 0) is 36.2 Å². The number of nitrogens with one attached hydrogen (secondary N) is 1. The van der Waals surface area contributed by atoms with Gasteiger partial charge in [-0.25, -0.2) is 0 Å². The number of ether oxygens (including phenoxy) is 1. The van der Waals surface area contributed by atoms with E-state index in [0.29, 0.717) is 0 Å². The van der Waals surface area contributed by atoms with Crippen molar-refractivity contribution in [2.75, 3.05) is 6.54 Å². The molecule has 0 spiro atoms. The lowest BCUT2D eigenvalue weighted by Crippen LogP contribution is -2.23. The Bertz CT molecular complexity index is 333. The maximum atomic E-state index is 11.9. The lowest BCUT2D eigenvalue weighted by atomic mass is 10.0. The predicted molar refractivity (Wildman–Crippen MR) is 55.7 cm³/mol. The molecule has 2 rings (SSSR count). The number of alkyl halides is 2. The molecule has 0 saturated carbocycles. The first-order valence-electron chi connectivity index (χ1n) is 4.53. The van der Waals surface area contributed by atoms with Crippen LogP contribution in [0.5, 0.6) is 5.75 Å². The molecule has 0 aromatic heterocycles. The summed E-state index contributed by atoms with van der Waals surface area (Å²) in [5.74, 6) is 0.251. The van der Waals surface area contributed by atoms with E-state index in [-0.39, 0.29) is 18.2 Å². The van der Waals surface area contributed by atoms with Crippen LogP contribution in [0.1, 0.15) is 11.1 Å².